The SMILES string of the molecule is CC1C[B]CCN(C(C)I)C(C)C1. The van der Waals surface area contributed by atoms with Crippen molar-refractivity contribution in [2.24, 2.45) is 5.92 Å². The van der Waals surface area contributed by atoms with Crippen LogP contribution < -0.4 is 0 Å². The van der Waals surface area contributed by atoms with Crippen molar-refractivity contribution in [2.75, 3.05) is 6.54 Å². The van der Waals surface area contributed by atoms with Crippen LogP contribution in [0, 0.1) is 5.92 Å². The predicted molar refractivity (Wildman–Crippen MR) is 68.8 cm³/mol. The van der Waals surface area contributed by atoms with Gasteiger partial charge in [-0.2, -0.15) is 0 Å². The van der Waals surface area contributed by atoms with Crippen molar-refractivity contribution in [2.45, 2.75) is 49.9 Å². The minimum atomic E-state index is 0.672. The van der Waals surface area contributed by atoms with Crippen LogP contribution in [0.25, 0.3) is 0 Å². The Labute approximate surface area is 97.0 Å². The Hall–Kier alpha value is 0.755. The maximum absolute atomic E-state index is 2.62. The molecule has 3 unspecified atom stereocenters. The van der Waals surface area contributed by atoms with Crippen molar-refractivity contribution >= 4 is 29.9 Å². The standard InChI is InChI=1S/C10H20BIN/c1-8-6-9(2)13(10(3)12)5-4-11-7-8/h8-10H,4-7H2,1-3H3. The van der Waals surface area contributed by atoms with Crippen LogP contribution in [0.4, 0.5) is 0 Å². The zero-order valence-electron chi connectivity index (χ0n) is 8.96. The molecule has 0 amide bonds. The summed E-state index contributed by atoms with van der Waals surface area (Å²) < 4.78 is 0.672. The monoisotopic (exact) mass is 292 g/mol. The molecule has 1 saturated heterocycles. The molecule has 13 heavy (non-hydrogen) atoms. The molecule has 1 nitrogen and oxygen atoms in total. The second-order valence-corrected chi connectivity index (χ2v) is 6.12. The van der Waals surface area contributed by atoms with E-state index < -0.39 is 0 Å². The Kier molecular flexibility index (Phi) is 5.09. The van der Waals surface area contributed by atoms with Crippen molar-refractivity contribution in [3.63, 3.8) is 0 Å². The zero-order chi connectivity index (χ0) is 9.84. The summed E-state index contributed by atoms with van der Waals surface area (Å²) in [5, 5.41) is 0. The van der Waals surface area contributed by atoms with Crippen molar-refractivity contribution in [3.8, 4) is 0 Å². The van der Waals surface area contributed by atoms with E-state index in [0.29, 0.717) is 4.05 Å². The molecular formula is C10H20BIN. The van der Waals surface area contributed by atoms with Crippen molar-refractivity contribution < 1.29 is 0 Å². The Morgan fingerprint density at radius 3 is 2.77 bits per heavy atom. The van der Waals surface area contributed by atoms with E-state index in [1.807, 2.05) is 0 Å². The number of hydrogen-bond donors (Lipinski definition) is 0. The molecule has 0 spiro atoms. The minimum Gasteiger partial charge on any atom is -0.290 e. The number of nitrogens with zero attached hydrogens (tertiary/aromatic N) is 1. The van der Waals surface area contributed by atoms with Crippen molar-refractivity contribution in [1.82, 2.24) is 4.90 Å². The molecule has 0 saturated carbocycles. The number of hydrogen-bond acceptors (Lipinski definition) is 1. The molecule has 75 valence electrons. The topological polar surface area (TPSA) is 3.24 Å². The average molecular weight is 292 g/mol. The Bertz CT molecular complexity index is 152. The van der Waals surface area contributed by atoms with Gasteiger partial charge in [0.05, 0.1) is 4.05 Å². The first-order valence-corrected chi connectivity index (χ1v) is 6.57. The van der Waals surface area contributed by atoms with Crippen molar-refractivity contribution in [1.29, 1.82) is 0 Å². The average Bonchev–Trinajstić information content (AvgIpc) is 1.99. The van der Waals surface area contributed by atoms with E-state index in [1.54, 1.807) is 0 Å². The van der Waals surface area contributed by atoms with Gasteiger partial charge in [-0.3, -0.25) is 4.90 Å². The third-order valence-electron chi connectivity index (χ3n) is 2.93. The summed E-state index contributed by atoms with van der Waals surface area (Å²) >= 11 is 2.53. The molecule has 3 heteroatoms. The lowest BCUT2D eigenvalue weighted by molar-refractivity contribution is 0.192. The fraction of sp³-hybridized carbons (Fsp3) is 1.00. The van der Waals surface area contributed by atoms with Gasteiger partial charge < -0.3 is 0 Å². The summed E-state index contributed by atoms with van der Waals surface area (Å²) in [5.41, 5.74) is 0. The Balaban J connectivity index is 2.51. The van der Waals surface area contributed by atoms with E-state index in [0.717, 1.165) is 12.0 Å². The summed E-state index contributed by atoms with van der Waals surface area (Å²) in [7, 11) is 2.46. The largest absolute Gasteiger partial charge is 0.290 e. The first-order valence-electron chi connectivity index (χ1n) is 5.32. The van der Waals surface area contributed by atoms with Gasteiger partial charge in [-0.1, -0.05) is 42.2 Å². The predicted octanol–water partition coefficient (Wildman–Crippen LogP) is 3.04. The molecule has 0 N–H and O–H groups in total. The molecule has 0 aliphatic carbocycles. The van der Waals surface area contributed by atoms with Gasteiger partial charge in [0.1, 0.15) is 7.28 Å². The first-order chi connectivity index (χ1) is 6.11. The van der Waals surface area contributed by atoms with E-state index in [4.69, 9.17) is 0 Å². The molecule has 1 fully saturated rings. The molecule has 1 rings (SSSR count). The van der Waals surface area contributed by atoms with Gasteiger partial charge in [0, 0.05) is 6.04 Å². The van der Waals surface area contributed by atoms with E-state index in [9.17, 15) is 0 Å². The Morgan fingerprint density at radius 1 is 1.46 bits per heavy atom. The normalized spacial score (nSPS) is 34.5. The number of rotatable bonds is 1. The highest BCUT2D eigenvalue weighted by molar-refractivity contribution is 14.1. The summed E-state index contributed by atoms with van der Waals surface area (Å²) in [6, 6.07) is 0.760. The van der Waals surface area contributed by atoms with Gasteiger partial charge in [-0.05, 0) is 32.7 Å². The number of halogens is 1. The summed E-state index contributed by atoms with van der Waals surface area (Å²) in [6.07, 6.45) is 3.93. The zero-order valence-corrected chi connectivity index (χ0v) is 11.1. The molecule has 1 heterocycles. The third-order valence-corrected chi connectivity index (χ3v) is 3.64. The van der Waals surface area contributed by atoms with Crippen LogP contribution in [0.15, 0.2) is 0 Å². The van der Waals surface area contributed by atoms with E-state index in [1.165, 1.54) is 25.6 Å². The highest BCUT2D eigenvalue weighted by Gasteiger charge is 2.21. The van der Waals surface area contributed by atoms with Crippen LogP contribution in [0.2, 0.25) is 12.6 Å². The fourth-order valence-electron chi connectivity index (χ4n) is 2.21. The highest BCUT2D eigenvalue weighted by atomic mass is 127. The van der Waals surface area contributed by atoms with Crippen LogP contribution in [0.1, 0.15) is 27.2 Å². The lowest BCUT2D eigenvalue weighted by atomic mass is 9.65. The molecule has 1 aliphatic rings. The van der Waals surface area contributed by atoms with Gasteiger partial charge in [0.25, 0.3) is 0 Å². The van der Waals surface area contributed by atoms with E-state index >= 15 is 0 Å². The second kappa shape index (κ2) is 5.59. The Morgan fingerprint density at radius 2 is 2.15 bits per heavy atom. The van der Waals surface area contributed by atoms with Crippen LogP contribution in [0.5, 0.6) is 0 Å². The van der Waals surface area contributed by atoms with Crippen LogP contribution in [-0.4, -0.2) is 28.8 Å². The van der Waals surface area contributed by atoms with Gasteiger partial charge in [-0.25, -0.2) is 0 Å². The smallest absolute Gasteiger partial charge is 0.111 e. The van der Waals surface area contributed by atoms with Gasteiger partial charge in [0.2, 0.25) is 0 Å². The molecule has 1 aliphatic heterocycles. The molecule has 1 radical (unpaired) electrons. The molecule has 0 aromatic rings. The molecular weight excluding hydrogens is 272 g/mol. The summed E-state index contributed by atoms with van der Waals surface area (Å²) in [5.74, 6) is 0.868. The lowest BCUT2D eigenvalue weighted by Crippen LogP contribution is -2.40. The summed E-state index contributed by atoms with van der Waals surface area (Å²) in [4.78, 5) is 2.62. The van der Waals surface area contributed by atoms with Crippen LogP contribution in [-0.2, 0) is 0 Å². The highest BCUT2D eigenvalue weighted by Crippen LogP contribution is 2.22. The summed E-state index contributed by atoms with van der Waals surface area (Å²) in [6.45, 7) is 8.28. The van der Waals surface area contributed by atoms with Crippen LogP contribution >= 0.6 is 22.6 Å². The van der Waals surface area contributed by atoms with E-state index in [2.05, 4.69) is 55.5 Å². The molecule has 0 aromatic carbocycles. The third kappa shape index (κ3) is 3.78. The van der Waals surface area contributed by atoms with Crippen molar-refractivity contribution in [3.05, 3.63) is 0 Å². The maximum atomic E-state index is 2.62. The lowest BCUT2D eigenvalue weighted by Gasteiger charge is -2.35. The number of alkyl halides is 1. The molecule has 0 aromatic heterocycles. The van der Waals surface area contributed by atoms with E-state index in [-0.39, 0.29) is 0 Å². The molecule has 0 bridgehead atoms. The maximum Gasteiger partial charge on any atom is 0.111 e. The van der Waals surface area contributed by atoms with Gasteiger partial charge in [0.15, 0.2) is 0 Å². The first kappa shape index (κ1) is 11.8. The van der Waals surface area contributed by atoms with Gasteiger partial charge >= 0.3 is 0 Å². The minimum absolute atomic E-state index is 0.672. The second-order valence-electron chi connectivity index (χ2n) is 4.31. The quantitative estimate of drug-likeness (QED) is 0.311. The van der Waals surface area contributed by atoms with Crippen LogP contribution in [0.3, 0.4) is 0 Å². The molecule has 3 atom stereocenters. The van der Waals surface area contributed by atoms with Gasteiger partial charge in [-0.15, -0.1) is 0 Å². The fourth-order valence-corrected chi connectivity index (χ4v) is 3.03.